The van der Waals surface area contributed by atoms with Crippen LogP contribution >= 0.6 is 0 Å². The lowest BCUT2D eigenvalue weighted by Crippen LogP contribution is -2.13. The molecule has 0 fully saturated rings. The van der Waals surface area contributed by atoms with Crippen LogP contribution < -0.4 is 0 Å². The Morgan fingerprint density at radius 1 is 1.26 bits per heavy atom. The Morgan fingerprint density at radius 2 is 2.15 bits per heavy atom. The molecule has 4 aromatic rings. The molecule has 134 valence electrons. The second kappa shape index (κ2) is 7.34. The van der Waals surface area contributed by atoms with E-state index in [-0.39, 0.29) is 0 Å². The van der Waals surface area contributed by atoms with E-state index in [4.69, 9.17) is 4.74 Å². The number of nitrogens with one attached hydrogen (secondary N) is 1. The zero-order valence-electron chi connectivity index (χ0n) is 14.9. The van der Waals surface area contributed by atoms with E-state index in [2.05, 4.69) is 26.8 Å². The summed E-state index contributed by atoms with van der Waals surface area (Å²) in [5.74, 6) is 6.69. The lowest BCUT2D eigenvalue weighted by atomic mass is 10.2. The third-order valence-corrected chi connectivity index (χ3v) is 4.16. The summed E-state index contributed by atoms with van der Waals surface area (Å²) < 4.78 is 6.66. The van der Waals surface area contributed by atoms with Gasteiger partial charge in [-0.15, -0.1) is 0 Å². The fourth-order valence-corrected chi connectivity index (χ4v) is 2.76. The molecular formula is C21H18N4O2. The molecule has 0 aliphatic heterocycles. The van der Waals surface area contributed by atoms with E-state index in [0.29, 0.717) is 18.1 Å². The van der Waals surface area contributed by atoms with Crippen LogP contribution in [-0.2, 0) is 4.74 Å². The number of para-hydroxylation sites is 2. The van der Waals surface area contributed by atoms with E-state index in [9.17, 15) is 4.79 Å². The summed E-state index contributed by atoms with van der Waals surface area (Å²) >= 11 is 0. The Morgan fingerprint density at radius 3 is 3.00 bits per heavy atom. The van der Waals surface area contributed by atoms with Crippen molar-refractivity contribution >= 4 is 28.2 Å². The second-order valence-electron chi connectivity index (χ2n) is 6.14. The van der Waals surface area contributed by atoms with Crippen LogP contribution in [0.2, 0.25) is 0 Å². The first-order valence-electron chi connectivity index (χ1n) is 8.85. The molecule has 0 aliphatic carbocycles. The highest BCUT2D eigenvalue weighted by molar-refractivity contribution is 5.87. The quantitative estimate of drug-likeness (QED) is 0.442. The minimum atomic E-state index is -0.410. The Hall–Kier alpha value is -3.59. The van der Waals surface area contributed by atoms with E-state index in [1.165, 1.54) is 4.57 Å². The van der Waals surface area contributed by atoms with E-state index < -0.39 is 6.09 Å². The van der Waals surface area contributed by atoms with Gasteiger partial charge in [0.25, 0.3) is 0 Å². The van der Waals surface area contributed by atoms with Crippen LogP contribution in [0.1, 0.15) is 31.2 Å². The Bertz CT molecular complexity index is 1140. The molecule has 0 radical (unpaired) electrons. The fourth-order valence-electron chi connectivity index (χ4n) is 2.76. The summed E-state index contributed by atoms with van der Waals surface area (Å²) in [4.78, 5) is 24.1. The lowest BCUT2D eigenvalue weighted by Gasteiger charge is -2.05. The third-order valence-electron chi connectivity index (χ3n) is 4.16. The molecule has 0 saturated heterocycles. The van der Waals surface area contributed by atoms with Crippen molar-refractivity contribution in [2.45, 2.75) is 19.8 Å². The number of unbranched alkanes of at least 4 members (excludes halogenated alkanes) is 1. The number of carbonyl (C=O) groups excluding carboxylic acids is 1. The largest absolute Gasteiger partial charge is 0.449 e. The number of rotatable bonds is 3. The average molecular weight is 358 g/mol. The highest BCUT2D eigenvalue weighted by Crippen LogP contribution is 2.15. The topological polar surface area (TPSA) is 72.8 Å². The first kappa shape index (κ1) is 16.9. The summed E-state index contributed by atoms with van der Waals surface area (Å²) in [6.45, 7) is 2.46. The van der Waals surface area contributed by atoms with Crippen molar-refractivity contribution in [2.75, 3.05) is 6.61 Å². The van der Waals surface area contributed by atoms with Crippen molar-refractivity contribution < 1.29 is 9.53 Å². The zero-order chi connectivity index (χ0) is 18.6. The smallest absolute Gasteiger partial charge is 0.419 e. The van der Waals surface area contributed by atoms with Gasteiger partial charge in [0.2, 0.25) is 0 Å². The van der Waals surface area contributed by atoms with Gasteiger partial charge in [0, 0.05) is 23.3 Å². The molecular weight excluding hydrogens is 340 g/mol. The summed E-state index contributed by atoms with van der Waals surface area (Å²) in [6, 6.07) is 11.5. The van der Waals surface area contributed by atoms with Gasteiger partial charge < -0.3 is 9.72 Å². The Balaban J connectivity index is 1.57. The van der Waals surface area contributed by atoms with Gasteiger partial charge in [-0.1, -0.05) is 31.4 Å². The molecule has 1 aromatic carbocycles. The van der Waals surface area contributed by atoms with Crippen molar-refractivity contribution in [3.05, 3.63) is 60.2 Å². The summed E-state index contributed by atoms with van der Waals surface area (Å²) in [6.07, 6.45) is 4.73. The Kier molecular flexibility index (Phi) is 4.58. The molecule has 3 aromatic heterocycles. The minimum Gasteiger partial charge on any atom is -0.449 e. The molecule has 0 atom stereocenters. The predicted molar refractivity (Wildman–Crippen MR) is 103 cm³/mol. The fraction of sp³-hybridized carbons (Fsp3) is 0.190. The maximum absolute atomic E-state index is 12.1. The number of aromatic amines is 1. The van der Waals surface area contributed by atoms with E-state index in [1.54, 1.807) is 12.4 Å². The predicted octanol–water partition coefficient (Wildman–Crippen LogP) is 4.10. The van der Waals surface area contributed by atoms with Gasteiger partial charge in [0.15, 0.2) is 5.82 Å². The lowest BCUT2D eigenvalue weighted by molar-refractivity contribution is 0.147. The van der Waals surface area contributed by atoms with Crippen molar-refractivity contribution in [3.8, 4) is 11.8 Å². The molecule has 0 unspecified atom stereocenters. The van der Waals surface area contributed by atoms with Gasteiger partial charge in [-0.05, 0) is 36.6 Å². The molecule has 0 aliphatic rings. The van der Waals surface area contributed by atoms with Crippen LogP contribution in [0, 0.1) is 11.8 Å². The van der Waals surface area contributed by atoms with E-state index in [0.717, 1.165) is 34.8 Å². The number of ether oxygens (including phenoxy) is 1. The highest BCUT2D eigenvalue weighted by Gasteiger charge is 2.11. The Labute approximate surface area is 156 Å². The normalized spacial score (nSPS) is 10.7. The maximum atomic E-state index is 12.1. The SMILES string of the molecule is CCCCOC(=O)n1ccc2cc(C#Cc3nc4ccccc4[nH]3)cnc21. The van der Waals surface area contributed by atoms with Crippen LogP contribution in [0.4, 0.5) is 4.79 Å². The number of nitrogens with zero attached hydrogens (tertiary/aromatic N) is 3. The molecule has 0 bridgehead atoms. The second-order valence-corrected chi connectivity index (χ2v) is 6.14. The number of imidazole rings is 1. The number of aromatic nitrogens is 4. The van der Waals surface area contributed by atoms with E-state index >= 15 is 0 Å². The molecule has 0 saturated carbocycles. The molecule has 0 spiro atoms. The van der Waals surface area contributed by atoms with Crippen molar-refractivity contribution in [2.24, 2.45) is 0 Å². The van der Waals surface area contributed by atoms with Crippen molar-refractivity contribution in [1.29, 1.82) is 0 Å². The van der Waals surface area contributed by atoms with Gasteiger partial charge in [-0.3, -0.25) is 0 Å². The van der Waals surface area contributed by atoms with Crippen LogP contribution in [0.25, 0.3) is 22.1 Å². The molecule has 0 amide bonds. The minimum absolute atomic E-state index is 0.410. The molecule has 4 rings (SSSR count). The third kappa shape index (κ3) is 3.53. The summed E-state index contributed by atoms with van der Waals surface area (Å²) in [5, 5.41) is 0.832. The monoisotopic (exact) mass is 358 g/mol. The molecule has 6 nitrogen and oxygen atoms in total. The number of fused-ring (bicyclic) bond motifs is 2. The van der Waals surface area contributed by atoms with Gasteiger partial charge in [0.05, 0.1) is 17.6 Å². The van der Waals surface area contributed by atoms with Gasteiger partial charge in [0.1, 0.15) is 5.65 Å². The number of pyridine rings is 1. The van der Waals surface area contributed by atoms with Gasteiger partial charge in [-0.2, -0.15) is 0 Å². The number of benzene rings is 1. The molecule has 1 N–H and O–H groups in total. The first-order chi connectivity index (χ1) is 13.2. The standard InChI is InChI=1S/C21H18N4O2/c1-2-3-12-27-21(26)25-11-10-16-13-15(14-22-20(16)25)8-9-19-23-17-6-4-5-7-18(17)24-19/h4-7,10-11,13-14H,2-3,12H2,1H3,(H,23,24). The summed E-state index contributed by atoms with van der Waals surface area (Å²) in [7, 11) is 0. The number of hydrogen-bond donors (Lipinski definition) is 1. The van der Waals surface area contributed by atoms with Gasteiger partial charge >= 0.3 is 6.09 Å². The van der Waals surface area contributed by atoms with Gasteiger partial charge in [-0.25, -0.2) is 19.3 Å². The highest BCUT2D eigenvalue weighted by atomic mass is 16.5. The van der Waals surface area contributed by atoms with Crippen molar-refractivity contribution in [1.82, 2.24) is 19.5 Å². The number of hydrogen-bond acceptors (Lipinski definition) is 4. The number of carbonyl (C=O) groups is 1. The van der Waals surface area contributed by atoms with Crippen molar-refractivity contribution in [3.63, 3.8) is 0 Å². The van der Waals surface area contributed by atoms with Crippen LogP contribution in [0.15, 0.2) is 48.8 Å². The number of H-pyrrole nitrogens is 1. The zero-order valence-corrected chi connectivity index (χ0v) is 14.9. The molecule has 6 heteroatoms. The first-order valence-corrected chi connectivity index (χ1v) is 8.85. The summed E-state index contributed by atoms with van der Waals surface area (Å²) in [5.41, 5.74) is 3.15. The van der Waals surface area contributed by atoms with Crippen LogP contribution in [-0.4, -0.2) is 32.2 Å². The van der Waals surface area contributed by atoms with Crippen LogP contribution in [0.3, 0.4) is 0 Å². The van der Waals surface area contributed by atoms with Crippen LogP contribution in [0.5, 0.6) is 0 Å². The van der Waals surface area contributed by atoms with E-state index in [1.807, 2.05) is 43.3 Å². The maximum Gasteiger partial charge on any atom is 0.419 e. The average Bonchev–Trinajstić information content (AvgIpc) is 3.29. The molecule has 27 heavy (non-hydrogen) atoms. The molecule has 3 heterocycles.